The maximum Gasteiger partial charge on any atom is 0.111 e. The van der Waals surface area contributed by atoms with Crippen LogP contribution in [0, 0.1) is 6.92 Å². The summed E-state index contributed by atoms with van der Waals surface area (Å²) in [6, 6.07) is 8.62. The number of hydrogen-bond acceptors (Lipinski definition) is 3. The van der Waals surface area contributed by atoms with Crippen molar-refractivity contribution in [1.82, 2.24) is 15.0 Å². The minimum atomic E-state index is -0.0296. The van der Waals surface area contributed by atoms with Crippen molar-refractivity contribution in [2.24, 2.45) is 0 Å². The molecule has 0 radical (unpaired) electrons. The average molecular weight is 301 g/mol. The standard InChI is InChI=1S/C18H27N3O/c1-3-4-5-6-13-21-18(17(14-22)19-20-21)12-11-16-9-7-15(2)8-10-16/h7-10,22H,3-6,11-14H2,1-2H3. The van der Waals surface area contributed by atoms with Crippen LogP contribution in [0.4, 0.5) is 0 Å². The van der Waals surface area contributed by atoms with Gasteiger partial charge in [0.15, 0.2) is 0 Å². The normalized spacial score (nSPS) is 11.0. The summed E-state index contributed by atoms with van der Waals surface area (Å²) in [5.41, 5.74) is 4.40. The van der Waals surface area contributed by atoms with E-state index in [1.807, 2.05) is 4.68 Å². The molecule has 0 fully saturated rings. The van der Waals surface area contributed by atoms with Gasteiger partial charge >= 0.3 is 0 Å². The predicted molar refractivity (Wildman–Crippen MR) is 88.7 cm³/mol. The number of aryl methyl sites for hydroxylation is 3. The lowest BCUT2D eigenvalue weighted by Crippen LogP contribution is -2.08. The smallest absolute Gasteiger partial charge is 0.111 e. The summed E-state index contributed by atoms with van der Waals surface area (Å²) in [4.78, 5) is 0. The van der Waals surface area contributed by atoms with Gasteiger partial charge in [0, 0.05) is 6.54 Å². The van der Waals surface area contributed by atoms with E-state index in [4.69, 9.17) is 0 Å². The lowest BCUT2D eigenvalue weighted by molar-refractivity contribution is 0.275. The Morgan fingerprint density at radius 3 is 2.50 bits per heavy atom. The molecule has 0 aliphatic heterocycles. The van der Waals surface area contributed by atoms with E-state index in [-0.39, 0.29) is 6.61 Å². The first kappa shape index (κ1) is 16.7. The second-order valence-electron chi connectivity index (χ2n) is 5.91. The number of aliphatic hydroxyl groups is 1. The zero-order valence-electron chi connectivity index (χ0n) is 13.8. The molecular weight excluding hydrogens is 274 g/mol. The van der Waals surface area contributed by atoms with Crippen molar-refractivity contribution < 1.29 is 5.11 Å². The first-order valence-corrected chi connectivity index (χ1v) is 8.32. The van der Waals surface area contributed by atoms with Crippen LogP contribution in [0.5, 0.6) is 0 Å². The van der Waals surface area contributed by atoms with Crippen molar-refractivity contribution in [3.63, 3.8) is 0 Å². The van der Waals surface area contributed by atoms with Crippen molar-refractivity contribution in [1.29, 1.82) is 0 Å². The van der Waals surface area contributed by atoms with Crippen LogP contribution in [0.2, 0.25) is 0 Å². The van der Waals surface area contributed by atoms with Crippen molar-refractivity contribution in [2.75, 3.05) is 0 Å². The monoisotopic (exact) mass is 301 g/mol. The van der Waals surface area contributed by atoms with E-state index in [0.717, 1.165) is 37.2 Å². The summed E-state index contributed by atoms with van der Waals surface area (Å²) in [6.45, 7) is 5.18. The Bertz CT molecular complexity index is 560. The van der Waals surface area contributed by atoms with E-state index >= 15 is 0 Å². The molecule has 22 heavy (non-hydrogen) atoms. The molecule has 1 N–H and O–H groups in total. The first-order chi connectivity index (χ1) is 10.7. The van der Waals surface area contributed by atoms with Crippen LogP contribution in [0.1, 0.15) is 55.1 Å². The zero-order valence-corrected chi connectivity index (χ0v) is 13.8. The molecule has 0 saturated carbocycles. The quantitative estimate of drug-likeness (QED) is 0.722. The van der Waals surface area contributed by atoms with Gasteiger partial charge < -0.3 is 5.11 Å². The highest BCUT2D eigenvalue weighted by Gasteiger charge is 2.12. The zero-order chi connectivity index (χ0) is 15.8. The van der Waals surface area contributed by atoms with Crippen LogP contribution in [-0.2, 0) is 26.0 Å². The molecule has 0 amide bonds. The summed E-state index contributed by atoms with van der Waals surface area (Å²) < 4.78 is 1.98. The molecule has 4 nitrogen and oxygen atoms in total. The van der Waals surface area contributed by atoms with Crippen LogP contribution in [0.15, 0.2) is 24.3 Å². The number of aliphatic hydroxyl groups excluding tert-OH is 1. The van der Waals surface area contributed by atoms with Gasteiger partial charge in [0.2, 0.25) is 0 Å². The maximum atomic E-state index is 9.46. The summed E-state index contributed by atoms with van der Waals surface area (Å²) in [7, 11) is 0. The van der Waals surface area contributed by atoms with Crippen molar-refractivity contribution >= 4 is 0 Å². The minimum Gasteiger partial charge on any atom is -0.390 e. The molecule has 1 aromatic carbocycles. The van der Waals surface area contributed by atoms with Gasteiger partial charge in [-0.25, -0.2) is 4.68 Å². The summed E-state index contributed by atoms with van der Waals surface area (Å²) >= 11 is 0. The molecule has 120 valence electrons. The van der Waals surface area contributed by atoms with E-state index in [1.165, 1.54) is 30.4 Å². The molecule has 2 aromatic rings. The van der Waals surface area contributed by atoms with Gasteiger partial charge in [-0.1, -0.05) is 61.2 Å². The molecule has 0 unspecified atom stereocenters. The number of rotatable bonds is 9. The van der Waals surface area contributed by atoms with E-state index in [0.29, 0.717) is 0 Å². The Kier molecular flexibility index (Phi) is 6.59. The van der Waals surface area contributed by atoms with E-state index in [2.05, 4.69) is 48.4 Å². The number of unbranched alkanes of at least 4 members (excludes halogenated alkanes) is 3. The molecule has 0 atom stereocenters. The van der Waals surface area contributed by atoms with Gasteiger partial charge in [-0.2, -0.15) is 0 Å². The number of benzene rings is 1. The lowest BCUT2D eigenvalue weighted by atomic mass is 10.1. The van der Waals surface area contributed by atoms with Gasteiger partial charge in [0.25, 0.3) is 0 Å². The second kappa shape index (κ2) is 8.69. The van der Waals surface area contributed by atoms with Gasteiger partial charge in [-0.15, -0.1) is 5.10 Å². The lowest BCUT2D eigenvalue weighted by Gasteiger charge is -2.08. The molecule has 0 aliphatic rings. The molecule has 0 spiro atoms. The fraction of sp³-hybridized carbons (Fsp3) is 0.556. The fourth-order valence-electron chi connectivity index (χ4n) is 2.65. The Labute approximate surface area is 133 Å². The highest BCUT2D eigenvalue weighted by Crippen LogP contribution is 2.13. The highest BCUT2D eigenvalue weighted by molar-refractivity contribution is 5.22. The Balaban J connectivity index is 1.98. The third kappa shape index (κ3) is 4.67. The minimum absolute atomic E-state index is 0.0296. The SMILES string of the molecule is CCCCCCn1nnc(CO)c1CCc1ccc(C)cc1. The van der Waals surface area contributed by atoms with Crippen LogP contribution < -0.4 is 0 Å². The molecule has 1 aromatic heterocycles. The van der Waals surface area contributed by atoms with Crippen LogP contribution in [-0.4, -0.2) is 20.1 Å². The van der Waals surface area contributed by atoms with Crippen LogP contribution in [0.3, 0.4) is 0 Å². The number of hydrogen-bond donors (Lipinski definition) is 1. The highest BCUT2D eigenvalue weighted by atomic mass is 16.3. The topological polar surface area (TPSA) is 50.9 Å². The largest absolute Gasteiger partial charge is 0.390 e. The summed E-state index contributed by atoms with van der Waals surface area (Å²) in [5.74, 6) is 0. The first-order valence-electron chi connectivity index (χ1n) is 8.32. The third-order valence-corrected chi connectivity index (χ3v) is 4.06. The van der Waals surface area contributed by atoms with Gasteiger partial charge in [-0.05, 0) is 31.7 Å². The molecule has 0 aliphatic carbocycles. The average Bonchev–Trinajstić information content (AvgIpc) is 2.93. The van der Waals surface area contributed by atoms with E-state index < -0.39 is 0 Å². The number of nitrogens with zero attached hydrogens (tertiary/aromatic N) is 3. The van der Waals surface area contributed by atoms with E-state index in [1.54, 1.807) is 0 Å². The second-order valence-corrected chi connectivity index (χ2v) is 5.91. The van der Waals surface area contributed by atoms with E-state index in [9.17, 15) is 5.11 Å². The fourth-order valence-corrected chi connectivity index (χ4v) is 2.65. The van der Waals surface area contributed by atoms with Crippen LogP contribution in [0.25, 0.3) is 0 Å². The molecule has 0 bridgehead atoms. The molecule has 0 saturated heterocycles. The Morgan fingerprint density at radius 2 is 1.82 bits per heavy atom. The third-order valence-electron chi connectivity index (χ3n) is 4.06. The van der Waals surface area contributed by atoms with Crippen molar-refractivity contribution in [3.8, 4) is 0 Å². The number of aromatic nitrogens is 3. The Hall–Kier alpha value is -1.68. The van der Waals surface area contributed by atoms with Gasteiger partial charge in [0.05, 0.1) is 12.3 Å². The summed E-state index contributed by atoms with van der Waals surface area (Å²) in [5, 5.41) is 17.8. The van der Waals surface area contributed by atoms with Crippen molar-refractivity contribution in [2.45, 2.75) is 65.5 Å². The maximum absolute atomic E-state index is 9.46. The predicted octanol–water partition coefficient (Wildman–Crippen LogP) is 3.44. The summed E-state index contributed by atoms with van der Waals surface area (Å²) in [6.07, 6.45) is 6.68. The van der Waals surface area contributed by atoms with Gasteiger partial charge in [-0.3, -0.25) is 0 Å². The molecule has 1 heterocycles. The Morgan fingerprint density at radius 1 is 1.05 bits per heavy atom. The van der Waals surface area contributed by atoms with Crippen LogP contribution >= 0.6 is 0 Å². The molecule has 2 rings (SSSR count). The molecule has 4 heteroatoms. The van der Waals surface area contributed by atoms with Crippen molar-refractivity contribution in [3.05, 3.63) is 46.8 Å². The molecular formula is C18H27N3O. The van der Waals surface area contributed by atoms with Gasteiger partial charge in [0.1, 0.15) is 5.69 Å².